The maximum absolute atomic E-state index is 13.4. The van der Waals surface area contributed by atoms with Crippen LogP contribution in [0.5, 0.6) is 0 Å². The van der Waals surface area contributed by atoms with Gasteiger partial charge in [-0.15, -0.1) is 0 Å². The largest absolute Gasteiger partial charge is 0.339 e. The van der Waals surface area contributed by atoms with Gasteiger partial charge >= 0.3 is 0 Å². The quantitative estimate of drug-likeness (QED) is 0.521. The number of anilines is 1. The summed E-state index contributed by atoms with van der Waals surface area (Å²) in [5.41, 5.74) is 1.69. The van der Waals surface area contributed by atoms with E-state index in [1.807, 2.05) is 6.07 Å². The van der Waals surface area contributed by atoms with E-state index in [1.165, 1.54) is 18.2 Å². The van der Waals surface area contributed by atoms with Crippen LogP contribution in [0, 0.1) is 5.82 Å². The fourth-order valence-electron chi connectivity index (χ4n) is 2.71. The highest BCUT2D eigenvalue weighted by Crippen LogP contribution is 2.23. The highest BCUT2D eigenvalue weighted by Gasteiger charge is 2.18. The third-order valence-electron chi connectivity index (χ3n) is 4.10. The third kappa shape index (κ3) is 4.30. The molecule has 4 aromatic rings. The van der Waals surface area contributed by atoms with Crippen molar-refractivity contribution >= 4 is 15.7 Å². The van der Waals surface area contributed by atoms with E-state index in [1.54, 1.807) is 42.7 Å². The van der Waals surface area contributed by atoms with Crippen molar-refractivity contribution in [3.05, 3.63) is 90.3 Å². The molecule has 0 saturated heterocycles. The van der Waals surface area contributed by atoms with Crippen LogP contribution in [0.4, 0.5) is 10.1 Å². The molecule has 0 saturated carbocycles. The van der Waals surface area contributed by atoms with Gasteiger partial charge in [0.25, 0.3) is 10.0 Å². The molecule has 7 nitrogen and oxygen atoms in total. The first-order valence-corrected chi connectivity index (χ1v) is 10.1. The molecule has 0 radical (unpaired) electrons. The van der Waals surface area contributed by atoms with E-state index in [2.05, 4.69) is 19.8 Å². The van der Waals surface area contributed by atoms with E-state index in [-0.39, 0.29) is 11.3 Å². The van der Waals surface area contributed by atoms with E-state index in [0.29, 0.717) is 28.5 Å². The topological polar surface area (TPSA) is 98.0 Å². The van der Waals surface area contributed by atoms with Crippen molar-refractivity contribution in [2.24, 2.45) is 0 Å². The molecule has 4 rings (SSSR count). The minimum absolute atomic E-state index is 0.163. The molecule has 0 bridgehead atoms. The van der Waals surface area contributed by atoms with Crippen LogP contribution < -0.4 is 4.72 Å². The Balaban J connectivity index is 1.59. The van der Waals surface area contributed by atoms with Gasteiger partial charge in [-0.05, 0) is 42.0 Å². The average molecular weight is 410 g/mol. The molecule has 146 valence electrons. The number of sulfonamides is 1. The Morgan fingerprint density at radius 2 is 1.90 bits per heavy atom. The molecule has 0 fully saturated rings. The van der Waals surface area contributed by atoms with E-state index in [9.17, 15) is 12.8 Å². The van der Waals surface area contributed by atoms with Crippen LogP contribution in [0.15, 0.2) is 82.5 Å². The molecule has 9 heteroatoms. The maximum Gasteiger partial charge on any atom is 0.262 e. The Morgan fingerprint density at radius 3 is 2.69 bits per heavy atom. The second-order valence-electron chi connectivity index (χ2n) is 6.15. The first-order valence-electron chi connectivity index (χ1n) is 8.60. The van der Waals surface area contributed by atoms with Crippen LogP contribution in [0.1, 0.15) is 11.5 Å². The number of nitrogens with one attached hydrogen (secondary N) is 1. The summed E-state index contributed by atoms with van der Waals surface area (Å²) in [6.45, 7) is 0. The van der Waals surface area contributed by atoms with Crippen molar-refractivity contribution in [3.8, 4) is 11.4 Å². The number of rotatable bonds is 6. The molecule has 2 aromatic carbocycles. The van der Waals surface area contributed by atoms with E-state index in [4.69, 9.17) is 4.52 Å². The summed E-state index contributed by atoms with van der Waals surface area (Å²) in [6, 6.07) is 15.2. The second-order valence-corrected chi connectivity index (χ2v) is 7.83. The maximum atomic E-state index is 13.4. The summed E-state index contributed by atoms with van der Waals surface area (Å²) < 4.78 is 46.4. The van der Waals surface area contributed by atoms with Crippen LogP contribution in [-0.4, -0.2) is 23.5 Å². The lowest BCUT2D eigenvalue weighted by molar-refractivity contribution is 0.386. The lowest BCUT2D eigenvalue weighted by Crippen LogP contribution is -2.14. The Kier molecular flexibility index (Phi) is 5.05. The number of hydrogen-bond acceptors (Lipinski definition) is 6. The number of pyridine rings is 1. The first-order chi connectivity index (χ1) is 14.0. The van der Waals surface area contributed by atoms with Gasteiger partial charge in [0.15, 0.2) is 0 Å². The Labute approximate surface area is 166 Å². The van der Waals surface area contributed by atoms with Crippen LogP contribution >= 0.6 is 0 Å². The molecule has 0 spiro atoms. The predicted octanol–water partition coefficient (Wildman–Crippen LogP) is 3.66. The zero-order valence-electron chi connectivity index (χ0n) is 15.0. The van der Waals surface area contributed by atoms with Gasteiger partial charge in [0.2, 0.25) is 11.7 Å². The van der Waals surface area contributed by atoms with Gasteiger partial charge in [0.05, 0.1) is 17.0 Å². The number of nitrogens with zero attached hydrogens (tertiary/aromatic N) is 3. The molecule has 0 aliphatic rings. The van der Waals surface area contributed by atoms with Crippen molar-refractivity contribution < 1.29 is 17.3 Å². The van der Waals surface area contributed by atoms with Crippen LogP contribution in [0.25, 0.3) is 11.4 Å². The zero-order chi connectivity index (χ0) is 20.3. The predicted molar refractivity (Wildman–Crippen MR) is 104 cm³/mol. The molecule has 0 amide bonds. The van der Waals surface area contributed by atoms with Gasteiger partial charge in [-0.3, -0.25) is 9.71 Å². The van der Waals surface area contributed by atoms with Crippen molar-refractivity contribution in [1.82, 2.24) is 15.1 Å². The molecule has 29 heavy (non-hydrogen) atoms. The summed E-state index contributed by atoms with van der Waals surface area (Å²) in [6.07, 6.45) is 3.48. The molecule has 0 unspecified atom stereocenters. The summed E-state index contributed by atoms with van der Waals surface area (Å²) in [5.74, 6) is 0.0853. The lowest BCUT2D eigenvalue weighted by Gasteiger charge is -2.11. The number of hydrogen-bond donors (Lipinski definition) is 1. The molecule has 0 aliphatic heterocycles. The van der Waals surface area contributed by atoms with Gasteiger partial charge in [-0.25, -0.2) is 12.8 Å². The van der Waals surface area contributed by atoms with Gasteiger partial charge in [-0.1, -0.05) is 29.4 Å². The van der Waals surface area contributed by atoms with E-state index < -0.39 is 15.8 Å². The summed E-state index contributed by atoms with van der Waals surface area (Å²) in [5, 5.41) is 3.94. The van der Waals surface area contributed by atoms with Crippen LogP contribution in [0.2, 0.25) is 0 Å². The average Bonchev–Trinajstić information content (AvgIpc) is 3.19. The van der Waals surface area contributed by atoms with Crippen LogP contribution in [-0.2, 0) is 16.4 Å². The monoisotopic (exact) mass is 410 g/mol. The molecule has 2 heterocycles. The Hall–Kier alpha value is -3.59. The summed E-state index contributed by atoms with van der Waals surface area (Å²) in [4.78, 5) is 8.19. The number of halogens is 1. The van der Waals surface area contributed by atoms with Crippen molar-refractivity contribution in [2.45, 2.75) is 11.3 Å². The van der Waals surface area contributed by atoms with E-state index >= 15 is 0 Å². The van der Waals surface area contributed by atoms with Crippen molar-refractivity contribution in [1.29, 1.82) is 0 Å². The molecule has 2 aromatic heterocycles. The zero-order valence-corrected chi connectivity index (χ0v) is 15.8. The molecular weight excluding hydrogens is 395 g/mol. The van der Waals surface area contributed by atoms with Crippen molar-refractivity contribution in [3.63, 3.8) is 0 Å². The summed E-state index contributed by atoms with van der Waals surface area (Å²) in [7, 11) is -3.95. The lowest BCUT2D eigenvalue weighted by atomic mass is 10.1. The molecular formula is C20H15FN4O3S. The van der Waals surface area contributed by atoms with Gasteiger partial charge in [-0.2, -0.15) is 4.98 Å². The standard InChI is InChI=1S/C20H15FN4O3S/c21-16-7-3-8-17(12-16)29(26,27)25-18-9-2-1-5-14(18)11-19-23-20(24-28-19)15-6-4-10-22-13-15/h1-10,12-13,25H,11H2. The molecule has 0 atom stereocenters. The summed E-state index contributed by atoms with van der Waals surface area (Å²) >= 11 is 0. The fraction of sp³-hybridized carbons (Fsp3) is 0.0500. The SMILES string of the molecule is O=S(=O)(Nc1ccccc1Cc1nc(-c2cccnc2)no1)c1cccc(F)c1. The second kappa shape index (κ2) is 7.80. The Morgan fingerprint density at radius 1 is 1.03 bits per heavy atom. The number of para-hydroxylation sites is 1. The van der Waals surface area contributed by atoms with Crippen molar-refractivity contribution in [2.75, 3.05) is 4.72 Å². The van der Waals surface area contributed by atoms with Gasteiger partial charge in [0, 0.05) is 18.0 Å². The first kappa shape index (κ1) is 18.8. The highest BCUT2D eigenvalue weighted by molar-refractivity contribution is 7.92. The highest BCUT2D eigenvalue weighted by atomic mass is 32.2. The van der Waals surface area contributed by atoms with Crippen LogP contribution in [0.3, 0.4) is 0 Å². The minimum Gasteiger partial charge on any atom is -0.339 e. The Bertz CT molecular complexity index is 1240. The molecule has 0 aliphatic carbocycles. The third-order valence-corrected chi connectivity index (χ3v) is 5.46. The van der Waals surface area contributed by atoms with Gasteiger partial charge in [0.1, 0.15) is 5.82 Å². The van der Waals surface area contributed by atoms with Gasteiger partial charge < -0.3 is 4.52 Å². The number of benzene rings is 2. The number of aromatic nitrogens is 3. The van der Waals surface area contributed by atoms with E-state index in [0.717, 1.165) is 6.07 Å². The minimum atomic E-state index is -3.95. The fourth-order valence-corrected chi connectivity index (χ4v) is 3.85. The normalized spacial score (nSPS) is 11.3. The smallest absolute Gasteiger partial charge is 0.262 e. The molecule has 1 N–H and O–H groups in total.